The van der Waals surface area contributed by atoms with Crippen LogP contribution in [-0.4, -0.2) is 38.1 Å². The molecular weight excluding hydrogens is 286 g/mol. The second kappa shape index (κ2) is 9.00. The summed E-state index contributed by atoms with van der Waals surface area (Å²) in [4.78, 5) is 0. The summed E-state index contributed by atoms with van der Waals surface area (Å²) in [5.41, 5.74) is 1.04. The lowest BCUT2D eigenvalue weighted by molar-refractivity contribution is -0.167. The van der Waals surface area contributed by atoms with Gasteiger partial charge in [-0.15, -0.1) is 0 Å². The van der Waals surface area contributed by atoms with E-state index in [-0.39, 0.29) is 12.6 Å². The average Bonchev–Trinajstić information content (AvgIpc) is 2.45. The molecule has 0 bridgehead atoms. The molecule has 6 heteroatoms. The summed E-state index contributed by atoms with van der Waals surface area (Å²) in [6, 6.07) is 9.33. The molecule has 0 fully saturated rings. The van der Waals surface area contributed by atoms with Gasteiger partial charge in [-0.3, -0.25) is 0 Å². The highest BCUT2D eigenvalue weighted by atomic mass is 19.3. The largest absolute Gasteiger partial charge is 0.373 e. The Morgan fingerprint density at radius 2 is 1.86 bits per heavy atom. The van der Waals surface area contributed by atoms with Gasteiger partial charge in [0.15, 0.2) is 0 Å². The first kappa shape index (κ1) is 17.9. The molecule has 0 aromatic heterocycles. The van der Waals surface area contributed by atoms with Gasteiger partial charge in [0.1, 0.15) is 6.61 Å². The predicted octanol–water partition coefficient (Wildman–Crippen LogP) is 3.51. The molecule has 120 valence electrons. The Morgan fingerprint density at radius 3 is 2.43 bits per heavy atom. The first-order chi connectivity index (χ1) is 9.95. The molecule has 0 heterocycles. The van der Waals surface area contributed by atoms with Crippen LogP contribution in [0.15, 0.2) is 30.3 Å². The Labute approximate surface area is 122 Å². The minimum Gasteiger partial charge on any atom is -0.373 e. The fraction of sp³-hybridized carbons (Fsp3) is 0.600. The van der Waals surface area contributed by atoms with Crippen molar-refractivity contribution < 1.29 is 22.3 Å². The van der Waals surface area contributed by atoms with Crippen LogP contribution in [-0.2, 0) is 11.2 Å². The quantitative estimate of drug-likeness (QED) is 0.668. The minimum atomic E-state index is -4.10. The molecule has 1 aromatic rings. The highest BCUT2D eigenvalue weighted by Gasteiger charge is 2.41. The van der Waals surface area contributed by atoms with E-state index in [9.17, 15) is 17.6 Å². The van der Waals surface area contributed by atoms with E-state index in [1.165, 1.54) is 0 Å². The van der Waals surface area contributed by atoms with Crippen molar-refractivity contribution >= 4 is 0 Å². The molecule has 0 amide bonds. The van der Waals surface area contributed by atoms with Crippen LogP contribution in [0.3, 0.4) is 0 Å². The molecule has 0 radical (unpaired) electrons. The summed E-state index contributed by atoms with van der Waals surface area (Å²) >= 11 is 0. The molecular formula is C15H21F4NO. The molecule has 2 nitrogen and oxygen atoms in total. The van der Waals surface area contributed by atoms with Crippen molar-refractivity contribution in [3.8, 4) is 0 Å². The van der Waals surface area contributed by atoms with Crippen LogP contribution in [0.4, 0.5) is 17.6 Å². The van der Waals surface area contributed by atoms with E-state index in [1.807, 2.05) is 37.3 Å². The third-order valence-corrected chi connectivity index (χ3v) is 2.94. The topological polar surface area (TPSA) is 21.3 Å². The fourth-order valence-electron chi connectivity index (χ4n) is 1.84. The number of hydrogen-bond donors (Lipinski definition) is 1. The maximum atomic E-state index is 12.8. The third kappa shape index (κ3) is 6.91. The first-order valence-electron chi connectivity index (χ1n) is 6.96. The van der Waals surface area contributed by atoms with Crippen molar-refractivity contribution in [2.75, 3.05) is 19.8 Å². The third-order valence-electron chi connectivity index (χ3n) is 2.94. The molecule has 0 aliphatic carbocycles. The van der Waals surface area contributed by atoms with Crippen molar-refractivity contribution in [3.05, 3.63) is 35.9 Å². The van der Waals surface area contributed by atoms with Crippen molar-refractivity contribution in [2.45, 2.75) is 38.2 Å². The molecule has 1 N–H and O–H groups in total. The van der Waals surface area contributed by atoms with Crippen molar-refractivity contribution in [3.63, 3.8) is 0 Å². The lowest BCUT2D eigenvalue weighted by atomic mass is 10.1. The lowest BCUT2D eigenvalue weighted by Crippen LogP contribution is -2.39. The Balaban J connectivity index is 2.46. The van der Waals surface area contributed by atoms with E-state index >= 15 is 0 Å². The number of rotatable bonds is 10. The zero-order valence-corrected chi connectivity index (χ0v) is 12.0. The van der Waals surface area contributed by atoms with Crippen LogP contribution in [0.1, 0.15) is 18.9 Å². The molecule has 0 aliphatic rings. The van der Waals surface area contributed by atoms with E-state index < -0.39 is 19.0 Å². The second-order valence-corrected chi connectivity index (χ2v) is 4.92. The monoisotopic (exact) mass is 307 g/mol. The zero-order valence-electron chi connectivity index (χ0n) is 12.0. The molecule has 0 saturated heterocycles. The van der Waals surface area contributed by atoms with Crippen molar-refractivity contribution in [1.29, 1.82) is 0 Å². The van der Waals surface area contributed by atoms with Crippen LogP contribution in [0.5, 0.6) is 0 Å². The predicted molar refractivity (Wildman–Crippen MR) is 74.0 cm³/mol. The summed E-state index contributed by atoms with van der Waals surface area (Å²) in [5, 5.41) is 3.18. The molecule has 0 aliphatic heterocycles. The van der Waals surface area contributed by atoms with Gasteiger partial charge in [0.2, 0.25) is 0 Å². The minimum absolute atomic E-state index is 0.0306. The van der Waals surface area contributed by atoms with Crippen LogP contribution < -0.4 is 5.32 Å². The number of ether oxygens (including phenoxy) is 1. The van der Waals surface area contributed by atoms with Gasteiger partial charge in [0.25, 0.3) is 0 Å². The van der Waals surface area contributed by atoms with Gasteiger partial charge in [0.05, 0.1) is 6.61 Å². The molecule has 1 unspecified atom stereocenters. The Morgan fingerprint density at radius 1 is 1.19 bits per heavy atom. The fourth-order valence-corrected chi connectivity index (χ4v) is 1.84. The second-order valence-electron chi connectivity index (χ2n) is 4.92. The maximum Gasteiger partial charge on any atom is 0.330 e. The van der Waals surface area contributed by atoms with E-state index in [2.05, 4.69) is 5.32 Å². The Kier molecular flexibility index (Phi) is 7.67. The number of halogens is 4. The summed E-state index contributed by atoms with van der Waals surface area (Å²) in [5.74, 6) is -4.10. The van der Waals surface area contributed by atoms with E-state index in [1.54, 1.807) is 0 Å². The van der Waals surface area contributed by atoms with Gasteiger partial charge < -0.3 is 10.1 Å². The number of hydrogen-bond acceptors (Lipinski definition) is 2. The van der Waals surface area contributed by atoms with Gasteiger partial charge in [-0.25, -0.2) is 8.78 Å². The Bertz CT molecular complexity index is 387. The number of alkyl halides is 4. The van der Waals surface area contributed by atoms with Gasteiger partial charge in [0, 0.05) is 6.04 Å². The molecule has 21 heavy (non-hydrogen) atoms. The van der Waals surface area contributed by atoms with E-state index in [0.29, 0.717) is 13.0 Å². The summed E-state index contributed by atoms with van der Waals surface area (Å²) in [7, 11) is 0. The average molecular weight is 307 g/mol. The van der Waals surface area contributed by atoms with Crippen LogP contribution in [0, 0.1) is 0 Å². The molecule has 0 saturated carbocycles. The molecule has 0 spiro atoms. The van der Waals surface area contributed by atoms with Gasteiger partial charge in [-0.05, 0) is 24.9 Å². The summed E-state index contributed by atoms with van der Waals surface area (Å²) in [6.45, 7) is 1.41. The SMILES string of the molecule is CCCNC(COCC(F)(F)C(F)F)Cc1ccccc1. The highest BCUT2D eigenvalue weighted by molar-refractivity contribution is 5.15. The highest BCUT2D eigenvalue weighted by Crippen LogP contribution is 2.22. The van der Waals surface area contributed by atoms with Crippen LogP contribution >= 0.6 is 0 Å². The van der Waals surface area contributed by atoms with Gasteiger partial charge in [-0.2, -0.15) is 8.78 Å². The van der Waals surface area contributed by atoms with Crippen molar-refractivity contribution in [1.82, 2.24) is 5.32 Å². The number of nitrogens with one attached hydrogen (secondary N) is 1. The maximum absolute atomic E-state index is 12.8. The molecule has 1 aromatic carbocycles. The standard InChI is InChI=1S/C15H21F4NO/c1-2-8-20-13(9-12-6-4-3-5-7-12)10-21-11-15(18,19)14(16)17/h3-7,13-14,20H,2,8-11H2,1H3. The van der Waals surface area contributed by atoms with Crippen LogP contribution in [0.25, 0.3) is 0 Å². The molecule has 1 atom stereocenters. The zero-order chi connectivity index (χ0) is 15.7. The smallest absolute Gasteiger partial charge is 0.330 e. The van der Waals surface area contributed by atoms with E-state index in [4.69, 9.17) is 4.74 Å². The Hall–Kier alpha value is -1.14. The first-order valence-corrected chi connectivity index (χ1v) is 6.96. The summed E-state index contributed by atoms with van der Waals surface area (Å²) < 4.78 is 54.4. The number of benzene rings is 1. The van der Waals surface area contributed by atoms with Crippen LogP contribution in [0.2, 0.25) is 0 Å². The normalized spacial score (nSPS) is 13.6. The molecule has 1 rings (SSSR count). The van der Waals surface area contributed by atoms with Gasteiger partial charge >= 0.3 is 12.3 Å². The summed E-state index contributed by atoms with van der Waals surface area (Å²) in [6.07, 6.45) is -2.21. The lowest BCUT2D eigenvalue weighted by Gasteiger charge is -2.21. The van der Waals surface area contributed by atoms with Crippen molar-refractivity contribution in [2.24, 2.45) is 0 Å². The van der Waals surface area contributed by atoms with E-state index in [0.717, 1.165) is 12.0 Å². The van der Waals surface area contributed by atoms with Gasteiger partial charge in [-0.1, -0.05) is 37.3 Å².